The number of amides is 1. The molecule has 82 valence electrons. The van der Waals surface area contributed by atoms with Crippen molar-refractivity contribution in [3.63, 3.8) is 0 Å². The topological polar surface area (TPSA) is 32.3 Å². The van der Waals surface area contributed by atoms with E-state index >= 15 is 0 Å². The van der Waals surface area contributed by atoms with E-state index in [0.29, 0.717) is 0 Å². The number of rotatable bonds is 1. The molecule has 0 aromatic carbocycles. The Morgan fingerprint density at radius 1 is 1.29 bits per heavy atom. The number of likely N-dealkylation sites (tertiary alicyclic amines) is 1. The Morgan fingerprint density at radius 3 is 2.21 bits per heavy atom. The smallest absolute Gasteiger partial charge is 0.223 e. The van der Waals surface area contributed by atoms with Crippen molar-refractivity contribution in [1.82, 2.24) is 10.2 Å². The molecule has 0 saturated carbocycles. The maximum atomic E-state index is 11.8. The lowest BCUT2D eigenvalue weighted by atomic mass is 9.95. The van der Waals surface area contributed by atoms with Gasteiger partial charge >= 0.3 is 0 Å². The first-order chi connectivity index (χ1) is 6.38. The van der Waals surface area contributed by atoms with Crippen LogP contribution in [-0.4, -0.2) is 36.5 Å². The van der Waals surface area contributed by atoms with Gasteiger partial charge in [0.1, 0.15) is 0 Å². The molecule has 0 bridgehead atoms. The Bertz CT molecular complexity index is 200. The number of hydrogen-bond acceptors (Lipinski definition) is 2. The lowest BCUT2D eigenvalue weighted by Crippen LogP contribution is -2.46. The number of carbonyl (C=O) groups is 1. The van der Waals surface area contributed by atoms with E-state index in [-0.39, 0.29) is 17.4 Å². The van der Waals surface area contributed by atoms with Crippen molar-refractivity contribution in [2.75, 3.05) is 20.1 Å². The van der Waals surface area contributed by atoms with Crippen molar-refractivity contribution >= 4 is 5.91 Å². The highest BCUT2D eigenvalue weighted by molar-refractivity contribution is 5.79. The summed E-state index contributed by atoms with van der Waals surface area (Å²) in [6.07, 6.45) is 2.00. The van der Waals surface area contributed by atoms with E-state index in [0.717, 1.165) is 25.9 Å². The highest BCUT2D eigenvalue weighted by Gasteiger charge is 2.25. The largest absolute Gasteiger partial charge is 0.351 e. The van der Waals surface area contributed by atoms with Crippen LogP contribution in [0, 0.1) is 5.92 Å². The number of piperidine rings is 1. The third-order valence-corrected chi connectivity index (χ3v) is 2.59. The maximum Gasteiger partial charge on any atom is 0.223 e. The van der Waals surface area contributed by atoms with E-state index < -0.39 is 0 Å². The molecule has 1 aliphatic rings. The molecule has 1 fully saturated rings. The summed E-state index contributed by atoms with van der Waals surface area (Å²) >= 11 is 0. The van der Waals surface area contributed by atoms with Gasteiger partial charge in [-0.1, -0.05) is 0 Å². The molecule has 14 heavy (non-hydrogen) atoms. The zero-order chi connectivity index (χ0) is 10.8. The first-order valence-corrected chi connectivity index (χ1v) is 5.39. The van der Waals surface area contributed by atoms with Crippen LogP contribution >= 0.6 is 0 Å². The summed E-state index contributed by atoms with van der Waals surface area (Å²) in [4.78, 5) is 14.1. The van der Waals surface area contributed by atoms with Crippen molar-refractivity contribution < 1.29 is 4.79 Å². The monoisotopic (exact) mass is 198 g/mol. The van der Waals surface area contributed by atoms with Crippen molar-refractivity contribution in [2.45, 2.75) is 39.2 Å². The fourth-order valence-corrected chi connectivity index (χ4v) is 1.74. The molecule has 0 aromatic heterocycles. The van der Waals surface area contributed by atoms with Crippen LogP contribution in [-0.2, 0) is 4.79 Å². The summed E-state index contributed by atoms with van der Waals surface area (Å²) in [6, 6.07) is 0. The highest BCUT2D eigenvalue weighted by Crippen LogP contribution is 2.17. The molecule has 0 atom stereocenters. The van der Waals surface area contributed by atoms with E-state index in [1.54, 1.807) is 0 Å². The Hall–Kier alpha value is -0.570. The normalized spacial score (nSPS) is 20.9. The Kier molecular flexibility index (Phi) is 3.53. The molecular formula is C11H22N2O. The van der Waals surface area contributed by atoms with Crippen molar-refractivity contribution in [2.24, 2.45) is 5.92 Å². The highest BCUT2D eigenvalue weighted by atomic mass is 16.2. The van der Waals surface area contributed by atoms with E-state index in [4.69, 9.17) is 0 Å². The van der Waals surface area contributed by atoms with E-state index in [1.165, 1.54) is 0 Å². The minimum Gasteiger partial charge on any atom is -0.351 e. The second-order valence-electron chi connectivity index (χ2n) is 5.32. The van der Waals surface area contributed by atoms with Crippen LogP contribution in [0.3, 0.4) is 0 Å². The molecule has 3 heteroatoms. The van der Waals surface area contributed by atoms with Gasteiger partial charge in [0.25, 0.3) is 0 Å². The molecule has 1 heterocycles. The lowest BCUT2D eigenvalue weighted by molar-refractivity contribution is -0.127. The molecule has 0 spiro atoms. The zero-order valence-corrected chi connectivity index (χ0v) is 9.76. The molecule has 0 aliphatic carbocycles. The van der Waals surface area contributed by atoms with Crippen molar-refractivity contribution in [3.05, 3.63) is 0 Å². The Labute approximate surface area is 86.9 Å². The van der Waals surface area contributed by atoms with Crippen LogP contribution in [0.25, 0.3) is 0 Å². The fraction of sp³-hybridized carbons (Fsp3) is 0.909. The van der Waals surface area contributed by atoms with E-state index in [1.807, 2.05) is 20.8 Å². The predicted molar refractivity (Wildman–Crippen MR) is 58.1 cm³/mol. The van der Waals surface area contributed by atoms with Gasteiger partial charge in [0.15, 0.2) is 0 Å². The number of nitrogens with zero attached hydrogens (tertiary/aromatic N) is 1. The van der Waals surface area contributed by atoms with Gasteiger partial charge in [-0.25, -0.2) is 0 Å². The Balaban J connectivity index is 2.38. The second kappa shape index (κ2) is 4.30. The van der Waals surface area contributed by atoms with E-state index in [9.17, 15) is 4.79 Å². The quantitative estimate of drug-likeness (QED) is 0.687. The minimum absolute atomic E-state index is 0.0968. The average Bonchev–Trinajstić information content (AvgIpc) is 2.02. The third-order valence-electron chi connectivity index (χ3n) is 2.59. The van der Waals surface area contributed by atoms with Crippen LogP contribution in [0.4, 0.5) is 0 Å². The van der Waals surface area contributed by atoms with Gasteiger partial charge in [-0.15, -0.1) is 0 Å². The average molecular weight is 198 g/mol. The second-order valence-corrected chi connectivity index (χ2v) is 5.32. The minimum atomic E-state index is -0.0968. The molecule has 3 nitrogen and oxygen atoms in total. The molecule has 0 radical (unpaired) electrons. The van der Waals surface area contributed by atoms with Crippen LogP contribution < -0.4 is 5.32 Å². The van der Waals surface area contributed by atoms with Gasteiger partial charge in [0.05, 0.1) is 0 Å². The van der Waals surface area contributed by atoms with Crippen LogP contribution in [0.1, 0.15) is 33.6 Å². The summed E-state index contributed by atoms with van der Waals surface area (Å²) in [5.74, 6) is 0.455. The van der Waals surface area contributed by atoms with Gasteiger partial charge in [-0.2, -0.15) is 0 Å². The number of carbonyl (C=O) groups excluding carboxylic acids is 1. The predicted octanol–water partition coefficient (Wildman–Crippen LogP) is 1.24. The number of nitrogens with one attached hydrogen (secondary N) is 1. The van der Waals surface area contributed by atoms with Crippen LogP contribution in [0.2, 0.25) is 0 Å². The SMILES string of the molecule is CN1CCC(C(=O)NC(C)(C)C)CC1. The van der Waals surface area contributed by atoms with Crippen molar-refractivity contribution in [1.29, 1.82) is 0 Å². The number of hydrogen-bond donors (Lipinski definition) is 1. The van der Waals surface area contributed by atoms with Gasteiger partial charge in [-0.05, 0) is 53.8 Å². The zero-order valence-electron chi connectivity index (χ0n) is 9.76. The van der Waals surface area contributed by atoms with Gasteiger partial charge in [-0.3, -0.25) is 4.79 Å². The molecular weight excluding hydrogens is 176 g/mol. The molecule has 0 aromatic rings. The first kappa shape index (κ1) is 11.5. The summed E-state index contributed by atoms with van der Waals surface area (Å²) < 4.78 is 0. The fourth-order valence-electron chi connectivity index (χ4n) is 1.74. The summed E-state index contributed by atoms with van der Waals surface area (Å²) in [6.45, 7) is 8.17. The van der Waals surface area contributed by atoms with Gasteiger partial charge < -0.3 is 10.2 Å². The molecule has 0 unspecified atom stereocenters. The molecule has 1 rings (SSSR count). The van der Waals surface area contributed by atoms with Crippen molar-refractivity contribution in [3.8, 4) is 0 Å². The van der Waals surface area contributed by atoms with Crippen LogP contribution in [0.5, 0.6) is 0 Å². The third kappa shape index (κ3) is 3.66. The van der Waals surface area contributed by atoms with Gasteiger partial charge in [0.2, 0.25) is 5.91 Å². The lowest BCUT2D eigenvalue weighted by Gasteiger charge is -2.30. The van der Waals surface area contributed by atoms with Gasteiger partial charge in [0, 0.05) is 11.5 Å². The maximum absolute atomic E-state index is 11.8. The molecule has 1 amide bonds. The summed E-state index contributed by atoms with van der Waals surface area (Å²) in [5, 5.41) is 3.05. The standard InChI is InChI=1S/C11H22N2O/c1-11(2,3)12-10(14)9-5-7-13(4)8-6-9/h9H,5-8H2,1-4H3,(H,12,14). The summed E-state index contributed by atoms with van der Waals surface area (Å²) in [5.41, 5.74) is -0.0968. The summed E-state index contributed by atoms with van der Waals surface area (Å²) in [7, 11) is 2.11. The molecule has 1 N–H and O–H groups in total. The first-order valence-electron chi connectivity index (χ1n) is 5.39. The molecule has 1 saturated heterocycles. The molecule has 1 aliphatic heterocycles. The van der Waals surface area contributed by atoms with Crippen LogP contribution in [0.15, 0.2) is 0 Å². The Morgan fingerprint density at radius 2 is 1.79 bits per heavy atom. The van der Waals surface area contributed by atoms with E-state index in [2.05, 4.69) is 17.3 Å².